The van der Waals surface area contributed by atoms with Gasteiger partial charge in [0.05, 0.1) is 11.4 Å². The molecule has 0 bridgehead atoms. The number of pyridine rings is 2. The van der Waals surface area contributed by atoms with Gasteiger partial charge in [0.2, 0.25) is 0 Å². The summed E-state index contributed by atoms with van der Waals surface area (Å²) in [7, 11) is 0. The van der Waals surface area contributed by atoms with Gasteiger partial charge in [-0.1, -0.05) is 12.1 Å². The lowest BCUT2D eigenvalue weighted by molar-refractivity contribution is 0.0951. The zero-order valence-corrected chi connectivity index (χ0v) is 12.2. The Labute approximate surface area is 133 Å². The highest BCUT2D eigenvalue weighted by Gasteiger charge is 2.06. The van der Waals surface area contributed by atoms with E-state index in [-0.39, 0.29) is 11.7 Å². The molecule has 0 saturated carbocycles. The fourth-order valence-electron chi connectivity index (χ4n) is 2.08. The van der Waals surface area contributed by atoms with Gasteiger partial charge in [0.1, 0.15) is 5.82 Å². The van der Waals surface area contributed by atoms with E-state index in [9.17, 15) is 9.18 Å². The minimum atomic E-state index is -0.365. The van der Waals surface area contributed by atoms with Crippen LogP contribution >= 0.6 is 0 Å². The minimum absolute atomic E-state index is 0.251. The predicted octanol–water partition coefficient (Wildman–Crippen LogP) is 3.21. The van der Waals surface area contributed by atoms with E-state index in [1.54, 1.807) is 12.4 Å². The quantitative estimate of drug-likeness (QED) is 0.805. The Morgan fingerprint density at radius 1 is 0.957 bits per heavy atom. The van der Waals surface area contributed by atoms with Crippen LogP contribution in [-0.2, 0) is 6.54 Å². The monoisotopic (exact) mass is 307 g/mol. The van der Waals surface area contributed by atoms with Crippen LogP contribution in [0.4, 0.5) is 4.39 Å². The van der Waals surface area contributed by atoms with E-state index in [4.69, 9.17) is 0 Å². The fourth-order valence-corrected chi connectivity index (χ4v) is 2.08. The van der Waals surface area contributed by atoms with Crippen LogP contribution in [0, 0.1) is 5.82 Å². The molecular weight excluding hydrogens is 293 g/mol. The van der Waals surface area contributed by atoms with Crippen molar-refractivity contribution in [3.8, 4) is 11.4 Å². The van der Waals surface area contributed by atoms with Gasteiger partial charge in [-0.05, 0) is 48.0 Å². The van der Waals surface area contributed by atoms with Gasteiger partial charge in [0.25, 0.3) is 5.91 Å². The Balaban J connectivity index is 1.62. The lowest BCUT2D eigenvalue weighted by Crippen LogP contribution is -2.22. The number of aromatic nitrogens is 2. The third-order valence-corrected chi connectivity index (χ3v) is 3.31. The van der Waals surface area contributed by atoms with Crippen molar-refractivity contribution in [1.82, 2.24) is 15.3 Å². The van der Waals surface area contributed by atoms with Crippen molar-refractivity contribution < 1.29 is 9.18 Å². The summed E-state index contributed by atoms with van der Waals surface area (Å²) in [5, 5.41) is 2.78. The van der Waals surface area contributed by atoms with Crippen molar-refractivity contribution in [1.29, 1.82) is 0 Å². The minimum Gasteiger partial charge on any atom is -0.348 e. The van der Waals surface area contributed by atoms with E-state index in [2.05, 4.69) is 15.3 Å². The SMILES string of the molecule is O=C(NCc1ccc(-c2ccccn2)nc1)c1ccc(F)cc1. The van der Waals surface area contributed by atoms with E-state index in [0.29, 0.717) is 12.1 Å². The van der Waals surface area contributed by atoms with Crippen molar-refractivity contribution in [2.45, 2.75) is 6.54 Å². The molecule has 0 spiro atoms. The van der Waals surface area contributed by atoms with Crippen LogP contribution in [0.5, 0.6) is 0 Å². The van der Waals surface area contributed by atoms with Crippen LogP contribution in [0.1, 0.15) is 15.9 Å². The fraction of sp³-hybridized carbons (Fsp3) is 0.0556. The van der Waals surface area contributed by atoms with E-state index in [1.807, 2.05) is 30.3 Å². The molecule has 3 aromatic rings. The maximum atomic E-state index is 12.8. The predicted molar refractivity (Wildman–Crippen MR) is 85.0 cm³/mol. The summed E-state index contributed by atoms with van der Waals surface area (Å²) in [6.45, 7) is 0.353. The summed E-state index contributed by atoms with van der Waals surface area (Å²) in [4.78, 5) is 20.5. The zero-order valence-electron chi connectivity index (χ0n) is 12.2. The van der Waals surface area contributed by atoms with Gasteiger partial charge in [0, 0.05) is 24.5 Å². The van der Waals surface area contributed by atoms with Gasteiger partial charge in [-0.3, -0.25) is 14.8 Å². The molecule has 2 heterocycles. The Morgan fingerprint density at radius 3 is 2.39 bits per heavy atom. The number of carbonyl (C=O) groups is 1. The molecule has 3 rings (SSSR count). The molecule has 23 heavy (non-hydrogen) atoms. The van der Waals surface area contributed by atoms with Gasteiger partial charge < -0.3 is 5.32 Å². The third-order valence-electron chi connectivity index (χ3n) is 3.31. The summed E-state index contributed by atoms with van der Waals surface area (Å²) in [6.07, 6.45) is 3.42. The second-order valence-corrected chi connectivity index (χ2v) is 4.96. The third kappa shape index (κ3) is 3.77. The van der Waals surface area contributed by atoms with Crippen molar-refractivity contribution in [2.75, 3.05) is 0 Å². The molecule has 1 aromatic carbocycles. The summed E-state index contributed by atoms with van der Waals surface area (Å²) >= 11 is 0. The number of benzene rings is 1. The van der Waals surface area contributed by atoms with Crippen molar-refractivity contribution in [3.63, 3.8) is 0 Å². The highest BCUT2D eigenvalue weighted by molar-refractivity contribution is 5.94. The lowest BCUT2D eigenvalue weighted by Gasteiger charge is -2.06. The average molecular weight is 307 g/mol. The molecule has 0 aliphatic carbocycles. The first-order chi connectivity index (χ1) is 11.2. The Kier molecular flexibility index (Phi) is 4.38. The number of hydrogen-bond acceptors (Lipinski definition) is 3. The number of carbonyl (C=O) groups excluding carboxylic acids is 1. The summed E-state index contributed by atoms with van der Waals surface area (Å²) < 4.78 is 12.8. The van der Waals surface area contributed by atoms with Crippen molar-refractivity contribution in [2.24, 2.45) is 0 Å². The molecule has 2 aromatic heterocycles. The van der Waals surface area contributed by atoms with Gasteiger partial charge in [-0.15, -0.1) is 0 Å². The first-order valence-electron chi connectivity index (χ1n) is 7.12. The molecule has 0 unspecified atom stereocenters. The van der Waals surface area contributed by atoms with Gasteiger partial charge in [-0.25, -0.2) is 4.39 Å². The van der Waals surface area contributed by atoms with Crippen LogP contribution in [-0.4, -0.2) is 15.9 Å². The molecule has 0 aliphatic rings. The average Bonchev–Trinajstić information content (AvgIpc) is 2.61. The van der Waals surface area contributed by atoms with Crippen LogP contribution < -0.4 is 5.32 Å². The maximum absolute atomic E-state index is 12.8. The Bertz CT molecular complexity index is 787. The molecule has 5 heteroatoms. The van der Waals surface area contributed by atoms with Crippen LogP contribution in [0.15, 0.2) is 67.0 Å². The summed E-state index contributed by atoms with van der Waals surface area (Å²) in [5.41, 5.74) is 2.87. The number of halogens is 1. The molecule has 0 aliphatic heterocycles. The summed E-state index contributed by atoms with van der Waals surface area (Å²) in [6, 6.07) is 14.8. The van der Waals surface area contributed by atoms with E-state index in [0.717, 1.165) is 17.0 Å². The molecular formula is C18H14FN3O. The smallest absolute Gasteiger partial charge is 0.251 e. The van der Waals surface area contributed by atoms with Crippen LogP contribution in [0.2, 0.25) is 0 Å². The van der Waals surface area contributed by atoms with Crippen molar-refractivity contribution in [3.05, 3.63) is 83.9 Å². The Morgan fingerprint density at radius 2 is 1.74 bits per heavy atom. The van der Waals surface area contributed by atoms with E-state index < -0.39 is 0 Å². The zero-order chi connectivity index (χ0) is 16.1. The second kappa shape index (κ2) is 6.79. The largest absolute Gasteiger partial charge is 0.348 e. The topological polar surface area (TPSA) is 54.9 Å². The first-order valence-corrected chi connectivity index (χ1v) is 7.12. The maximum Gasteiger partial charge on any atom is 0.251 e. The number of hydrogen-bond donors (Lipinski definition) is 1. The Hall–Kier alpha value is -3.08. The van der Waals surface area contributed by atoms with Gasteiger partial charge in [0.15, 0.2) is 0 Å². The van der Waals surface area contributed by atoms with Crippen molar-refractivity contribution >= 4 is 5.91 Å². The van der Waals surface area contributed by atoms with Crippen LogP contribution in [0.3, 0.4) is 0 Å². The number of nitrogens with zero attached hydrogens (tertiary/aromatic N) is 2. The van der Waals surface area contributed by atoms with E-state index in [1.165, 1.54) is 24.3 Å². The normalized spacial score (nSPS) is 10.3. The molecule has 1 amide bonds. The number of nitrogens with one attached hydrogen (secondary N) is 1. The number of rotatable bonds is 4. The second-order valence-electron chi connectivity index (χ2n) is 4.96. The highest BCUT2D eigenvalue weighted by atomic mass is 19.1. The van der Waals surface area contributed by atoms with Crippen LogP contribution in [0.25, 0.3) is 11.4 Å². The number of amides is 1. The molecule has 114 valence electrons. The standard InChI is InChI=1S/C18H14FN3O/c19-15-7-5-14(6-8-15)18(23)22-12-13-4-9-17(21-11-13)16-3-1-2-10-20-16/h1-11H,12H2,(H,22,23). The molecule has 1 N–H and O–H groups in total. The molecule has 4 nitrogen and oxygen atoms in total. The molecule has 0 radical (unpaired) electrons. The highest BCUT2D eigenvalue weighted by Crippen LogP contribution is 2.13. The molecule has 0 atom stereocenters. The summed E-state index contributed by atoms with van der Waals surface area (Å²) in [5.74, 6) is -0.616. The van der Waals surface area contributed by atoms with Gasteiger partial charge >= 0.3 is 0 Å². The molecule has 0 saturated heterocycles. The lowest BCUT2D eigenvalue weighted by atomic mass is 10.2. The first kappa shape index (κ1) is 14.8. The molecule has 0 fully saturated rings. The van der Waals surface area contributed by atoms with Gasteiger partial charge in [-0.2, -0.15) is 0 Å². The van der Waals surface area contributed by atoms with E-state index >= 15 is 0 Å².